The van der Waals surface area contributed by atoms with Crippen LogP contribution >= 0.6 is 22.6 Å². The van der Waals surface area contributed by atoms with Gasteiger partial charge >= 0.3 is 0 Å². The maximum atomic E-state index is 12.3. The number of halogens is 1. The van der Waals surface area contributed by atoms with Gasteiger partial charge in [-0.25, -0.2) is 4.98 Å². The molecule has 2 amide bonds. The molecule has 0 bridgehead atoms. The standard InChI is InChI=1S/C14H12IN3O2/c1-17-7-5-16-12(17)4-6-18-13(19)10-3-2-9(15)8-11(10)14(18)20/h2-3,5,7-8H,4,6H2,1H3. The Morgan fingerprint density at radius 1 is 1.20 bits per heavy atom. The molecule has 3 rings (SSSR count). The van der Waals surface area contributed by atoms with E-state index in [1.807, 2.05) is 23.9 Å². The molecule has 1 aromatic carbocycles. The zero-order valence-corrected chi connectivity index (χ0v) is 13.0. The van der Waals surface area contributed by atoms with Gasteiger partial charge in [-0.1, -0.05) is 0 Å². The maximum Gasteiger partial charge on any atom is 0.261 e. The van der Waals surface area contributed by atoms with Crippen LogP contribution in [0, 0.1) is 3.57 Å². The average Bonchev–Trinajstić information content (AvgIpc) is 2.92. The number of benzene rings is 1. The highest BCUT2D eigenvalue weighted by Gasteiger charge is 2.35. The van der Waals surface area contributed by atoms with Crippen molar-refractivity contribution in [3.05, 3.63) is 51.1 Å². The second-order valence-electron chi connectivity index (χ2n) is 4.66. The van der Waals surface area contributed by atoms with Gasteiger partial charge in [0.25, 0.3) is 11.8 Å². The summed E-state index contributed by atoms with van der Waals surface area (Å²) in [6.07, 6.45) is 4.12. The third-order valence-electron chi connectivity index (χ3n) is 3.41. The lowest BCUT2D eigenvalue weighted by Gasteiger charge is -2.13. The van der Waals surface area contributed by atoms with Gasteiger partial charge in [0.2, 0.25) is 0 Å². The SMILES string of the molecule is Cn1ccnc1CCN1C(=O)c2ccc(I)cc2C1=O. The van der Waals surface area contributed by atoms with Gasteiger partial charge in [0.05, 0.1) is 11.1 Å². The van der Waals surface area contributed by atoms with Crippen molar-refractivity contribution >= 4 is 34.4 Å². The summed E-state index contributed by atoms with van der Waals surface area (Å²) in [5, 5.41) is 0. The van der Waals surface area contributed by atoms with Crippen LogP contribution < -0.4 is 0 Å². The van der Waals surface area contributed by atoms with E-state index in [1.54, 1.807) is 18.3 Å². The maximum absolute atomic E-state index is 12.3. The number of carbonyl (C=O) groups excluding carboxylic acids is 2. The first-order valence-corrected chi connectivity index (χ1v) is 7.28. The number of nitrogens with zero attached hydrogens (tertiary/aromatic N) is 3. The lowest BCUT2D eigenvalue weighted by Crippen LogP contribution is -2.32. The molecule has 2 heterocycles. The summed E-state index contributed by atoms with van der Waals surface area (Å²) in [5.74, 6) is 0.435. The van der Waals surface area contributed by atoms with Gasteiger partial charge in [0.15, 0.2) is 0 Å². The van der Waals surface area contributed by atoms with Crippen LogP contribution in [0.25, 0.3) is 0 Å². The van der Waals surface area contributed by atoms with E-state index in [1.165, 1.54) is 4.90 Å². The largest absolute Gasteiger partial charge is 0.338 e. The smallest absolute Gasteiger partial charge is 0.261 e. The van der Waals surface area contributed by atoms with E-state index in [0.29, 0.717) is 24.1 Å². The van der Waals surface area contributed by atoms with Crippen molar-refractivity contribution in [1.82, 2.24) is 14.5 Å². The fourth-order valence-corrected chi connectivity index (χ4v) is 2.81. The molecule has 0 atom stereocenters. The molecule has 0 radical (unpaired) electrons. The number of fused-ring (bicyclic) bond motifs is 1. The van der Waals surface area contributed by atoms with Crippen molar-refractivity contribution < 1.29 is 9.59 Å². The minimum atomic E-state index is -0.212. The van der Waals surface area contributed by atoms with Crippen LogP contribution in [0.4, 0.5) is 0 Å². The molecule has 5 nitrogen and oxygen atoms in total. The predicted molar refractivity (Wildman–Crippen MR) is 81.4 cm³/mol. The van der Waals surface area contributed by atoms with Gasteiger partial charge < -0.3 is 4.57 Å². The van der Waals surface area contributed by atoms with Crippen molar-refractivity contribution in [3.63, 3.8) is 0 Å². The first-order chi connectivity index (χ1) is 9.58. The predicted octanol–water partition coefficient (Wildman–Crippen LogP) is 1.86. The Morgan fingerprint density at radius 2 is 1.95 bits per heavy atom. The van der Waals surface area contributed by atoms with Gasteiger partial charge in [-0.2, -0.15) is 0 Å². The summed E-state index contributed by atoms with van der Waals surface area (Å²) in [7, 11) is 1.90. The Balaban J connectivity index is 1.81. The molecule has 1 aromatic heterocycles. The zero-order chi connectivity index (χ0) is 14.3. The number of aryl methyl sites for hydroxylation is 1. The van der Waals surface area contributed by atoms with Crippen molar-refractivity contribution in [2.45, 2.75) is 6.42 Å². The number of rotatable bonds is 3. The third kappa shape index (κ3) is 2.13. The summed E-state index contributed by atoms with van der Waals surface area (Å²) < 4.78 is 2.84. The quantitative estimate of drug-likeness (QED) is 0.603. The lowest BCUT2D eigenvalue weighted by molar-refractivity contribution is 0.0655. The number of hydrogen-bond acceptors (Lipinski definition) is 3. The topological polar surface area (TPSA) is 55.2 Å². The van der Waals surface area contributed by atoms with E-state index in [0.717, 1.165) is 9.39 Å². The fourth-order valence-electron chi connectivity index (χ4n) is 2.32. The molecule has 6 heteroatoms. The minimum absolute atomic E-state index is 0.210. The summed E-state index contributed by atoms with van der Waals surface area (Å²) in [5.41, 5.74) is 0.997. The lowest BCUT2D eigenvalue weighted by atomic mass is 10.1. The Bertz CT molecular complexity index is 708. The van der Waals surface area contributed by atoms with Crippen molar-refractivity contribution in [2.24, 2.45) is 7.05 Å². The van der Waals surface area contributed by atoms with Crippen LogP contribution in [-0.4, -0.2) is 32.8 Å². The number of hydrogen-bond donors (Lipinski definition) is 0. The number of imidazole rings is 1. The molecular weight excluding hydrogens is 369 g/mol. The molecule has 2 aromatic rings. The second-order valence-corrected chi connectivity index (χ2v) is 5.90. The van der Waals surface area contributed by atoms with Gasteiger partial charge in [-0.15, -0.1) is 0 Å². The number of amides is 2. The highest BCUT2D eigenvalue weighted by Crippen LogP contribution is 2.24. The Hall–Kier alpha value is -1.70. The molecule has 0 saturated carbocycles. The Labute approximate surface area is 129 Å². The molecule has 0 fully saturated rings. The van der Waals surface area contributed by atoms with Gasteiger partial charge in [0.1, 0.15) is 5.82 Å². The van der Waals surface area contributed by atoms with E-state index in [4.69, 9.17) is 0 Å². The van der Waals surface area contributed by atoms with Crippen LogP contribution in [0.3, 0.4) is 0 Å². The molecule has 1 aliphatic heterocycles. The van der Waals surface area contributed by atoms with Gasteiger partial charge in [0, 0.05) is 36.0 Å². The summed E-state index contributed by atoms with van der Waals surface area (Å²) >= 11 is 2.14. The van der Waals surface area contributed by atoms with E-state index < -0.39 is 0 Å². The zero-order valence-electron chi connectivity index (χ0n) is 10.8. The van der Waals surface area contributed by atoms with Crippen molar-refractivity contribution in [2.75, 3.05) is 6.54 Å². The molecule has 0 spiro atoms. The molecule has 20 heavy (non-hydrogen) atoms. The van der Waals surface area contributed by atoms with E-state index in [2.05, 4.69) is 27.6 Å². The van der Waals surface area contributed by atoms with Crippen molar-refractivity contribution in [3.8, 4) is 0 Å². The number of carbonyl (C=O) groups is 2. The van der Waals surface area contributed by atoms with Gasteiger partial charge in [-0.05, 0) is 40.8 Å². The van der Waals surface area contributed by atoms with Crippen LogP contribution in [0.1, 0.15) is 26.5 Å². The summed E-state index contributed by atoms with van der Waals surface area (Å²) in [6.45, 7) is 0.355. The second kappa shape index (κ2) is 5.01. The van der Waals surface area contributed by atoms with Crippen molar-refractivity contribution in [1.29, 1.82) is 0 Å². The van der Waals surface area contributed by atoms with E-state index in [-0.39, 0.29) is 11.8 Å². The monoisotopic (exact) mass is 381 g/mol. The van der Waals surface area contributed by atoms with Crippen LogP contribution in [-0.2, 0) is 13.5 Å². The molecule has 0 N–H and O–H groups in total. The molecule has 0 unspecified atom stereocenters. The molecule has 102 valence electrons. The normalized spacial score (nSPS) is 14.0. The highest BCUT2D eigenvalue weighted by molar-refractivity contribution is 14.1. The number of imide groups is 1. The van der Waals surface area contributed by atoms with Gasteiger partial charge in [-0.3, -0.25) is 14.5 Å². The first-order valence-electron chi connectivity index (χ1n) is 6.20. The Morgan fingerprint density at radius 3 is 2.65 bits per heavy atom. The summed E-state index contributed by atoms with van der Waals surface area (Å²) in [6, 6.07) is 5.32. The van der Waals surface area contributed by atoms with Crippen LogP contribution in [0.2, 0.25) is 0 Å². The average molecular weight is 381 g/mol. The summed E-state index contributed by atoms with van der Waals surface area (Å²) in [4.78, 5) is 30.0. The molecule has 0 aliphatic carbocycles. The minimum Gasteiger partial charge on any atom is -0.338 e. The fraction of sp³-hybridized carbons (Fsp3) is 0.214. The molecule has 1 aliphatic rings. The number of aromatic nitrogens is 2. The first kappa shape index (κ1) is 13.3. The molecule has 0 saturated heterocycles. The third-order valence-corrected chi connectivity index (χ3v) is 4.08. The Kier molecular flexibility index (Phi) is 3.33. The van der Waals surface area contributed by atoms with Crippen LogP contribution in [0.5, 0.6) is 0 Å². The van der Waals surface area contributed by atoms with E-state index in [9.17, 15) is 9.59 Å². The molecular formula is C14H12IN3O2. The van der Waals surface area contributed by atoms with E-state index >= 15 is 0 Å². The van der Waals surface area contributed by atoms with Crippen LogP contribution in [0.15, 0.2) is 30.6 Å². The highest BCUT2D eigenvalue weighted by atomic mass is 127.